The van der Waals surface area contributed by atoms with Crippen molar-refractivity contribution in [2.75, 3.05) is 31.5 Å². The van der Waals surface area contributed by atoms with Crippen LogP contribution in [0.5, 0.6) is 17.2 Å². The van der Waals surface area contributed by atoms with E-state index in [1.54, 1.807) is 86.0 Å². The molecule has 0 saturated heterocycles. The van der Waals surface area contributed by atoms with Crippen LogP contribution in [0.3, 0.4) is 0 Å². The van der Waals surface area contributed by atoms with Gasteiger partial charge in [0.2, 0.25) is 5.91 Å². The molecule has 4 aromatic carbocycles. The van der Waals surface area contributed by atoms with Crippen molar-refractivity contribution in [1.82, 2.24) is 5.32 Å². The molecule has 0 spiro atoms. The van der Waals surface area contributed by atoms with Crippen molar-refractivity contribution in [2.24, 2.45) is 0 Å². The van der Waals surface area contributed by atoms with Gasteiger partial charge in [0, 0.05) is 27.8 Å². The summed E-state index contributed by atoms with van der Waals surface area (Å²) in [5.41, 5.74) is 2.07. The van der Waals surface area contributed by atoms with Gasteiger partial charge in [0.1, 0.15) is 22.9 Å². The Morgan fingerprint density at radius 1 is 0.804 bits per heavy atom. The van der Waals surface area contributed by atoms with E-state index in [-0.39, 0.29) is 11.6 Å². The number of thioether (sulfide) groups is 1. The molecular weight excluding hydrogens is 602 g/mol. The van der Waals surface area contributed by atoms with Crippen LogP contribution in [0, 0.1) is 0 Å². The van der Waals surface area contributed by atoms with Crippen molar-refractivity contribution >= 4 is 46.9 Å². The quantitative estimate of drug-likeness (QED) is 0.100. The minimum atomic E-state index is -0.540. The van der Waals surface area contributed by atoms with Crippen LogP contribution in [0.2, 0.25) is 0 Å². The molecule has 0 radical (unpaired) electrons. The average molecular weight is 640 g/mol. The first kappa shape index (κ1) is 33.7. The topological polar surface area (TPSA) is 115 Å². The maximum absolute atomic E-state index is 13.7. The van der Waals surface area contributed by atoms with Gasteiger partial charge >= 0.3 is 0 Å². The largest absolute Gasteiger partial charge is 0.497 e. The van der Waals surface area contributed by atoms with Crippen LogP contribution in [0.25, 0.3) is 6.08 Å². The first-order valence-electron chi connectivity index (χ1n) is 14.8. The van der Waals surface area contributed by atoms with Crippen LogP contribution < -0.4 is 30.2 Å². The highest BCUT2D eigenvalue weighted by Gasteiger charge is 2.21. The number of benzene rings is 4. The molecule has 0 aliphatic heterocycles. The highest BCUT2D eigenvalue weighted by molar-refractivity contribution is 8.00. The molecule has 0 aliphatic carbocycles. The van der Waals surface area contributed by atoms with E-state index in [9.17, 15) is 14.4 Å². The SMILES string of the molecule is CCOc1ccccc1NC(=O)C(CC)Sc1cccc(NC(=O)/C(=C\c2ccc(OC)cc2OC)NC(=O)c2ccccc2)c1. The van der Waals surface area contributed by atoms with Gasteiger partial charge in [-0.3, -0.25) is 14.4 Å². The lowest BCUT2D eigenvalue weighted by atomic mass is 10.1. The molecule has 0 fully saturated rings. The highest BCUT2D eigenvalue weighted by atomic mass is 32.2. The third-order valence-electron chi connectivity index (χ3n) is 6.75. The zero-order chi connectivity index (χ0) is 32.9. The van der Waals surface area contributed by atoms with Crippen LogP contribution >= 0.6 is 11.8 Å². The third kappa shape index (κ3) is 9.15. The van der Waals surface area contributed by atoms with Crippen molar-refractivity contribution in [3.05, 3.63) is 114 Å². The molecule has 0 bridgehead atoms. The lowest BCUT2D eigenvalue weighted by Gasteiger charge is -2.17. The second kappa shape index (κ2) is 16.7. The molecule has 46 heavy (non-hydrogen) atoms. The summed E-state index contributed by atoms with van der Waals surface area (Å²) in [7, 11) is 3.06. The second-order valence-corrected chi connectivity index (χ2v) is 11.2. The number of amides is 3. The Balaban J connectivity index is 1.54. The van der Waals surface area contributed by atoms with E-state index in [1.165, 1.54) is 18.9 Å². The summed E-state index contributed by atoms with van der Waals surface area (Å²) in [6.07, 6.45) is 2.12. The highest BCUT2D eigenvalue weighted by Crippen LogP contribution is 2.31. The van der Waals surface area contributed by atoms with E-state index in [4.69, 9.17) is 14.2 Å². The Morgan fingerprint density at radius 3 is 2.28 bits per heavy atom. The van der Waals surface area contributed by atoms with Crippen LogP contribution in [-0.2, 0) is 9.59 Å². The fraction of sp³-hybridized carbons (Fsp3) is 0.194. The van der Waals surface area contributed by atoms with Gasteiger partial charge in [-0.1, -0.05) is 43.3 Å². The summed E-state index contributed by atoms with van der Waals surface area (Å²) < 4.78 is 16.4. The summed E-state index contributed by atoms with van der Waals surface area (Å²) in [5.74, 6) is 0.517. The van der Waals surface area contributed by atoms with Gasteiger partial charge in [-0.15, -0.1) is 11.8 Å². The lowest BCUT2D eigenvalue weighted by molar-refractivity contribution is -0.116. The van der Waals surface area contributed by atoms with E-state index in [2.05, 4.69) is 16.0 Å². The maximum atomic E-state index is 13.7. The number of hydrogen-bond donors (Lipinski definition) is 3. The van der Waals surface area contributed by atoms with Crippen molar-refractivity contribution in [3.63, 3.8) is 0 Å². The standard InChI is InChI=1S/C36H37N3O6S/c1-5-33(36(42)38-29-17-10-11-18-31(29)45-6-2)46-28-16-12-15-26(22-28)37-35(41)30(39-34(40)24-13-8-7-9-14-24)21-25-19-20-27(43-3)23-32(25)44-4/h7-23,33H,5-6H2,1-4H3,(H,37,41)(H,38,42)(H,39,40)/b30-21+. The first-order chi connectivity index (χ1) is 22.3. The smallest absolute Gasteiger partial charge is 0.272 e. The first-order valence-corrected chi connectivity index (χ1v) is 15.6. The van der Waals surface area contributed by atoms with Crippen molar-refractivity contribution in [2.45, 2.75) is 30.4 Å². The van der Waals surface area contributed by atoms with Gasteiger partial charge < -0.3 is 30.2 Å². The van der Waals surface area contributed by atoms with E-state index >= 15 is 0 Å². The van der Waals surface area contributed by atoms with E-state index in [0.717, 1.165) is 4.90 Å². The molecule has 0 heterocycles. The number of nitrogens with one attached hydrogen (secondary N) is 3. The second-order valence-electron chi connectivity index (χ2n) is 9.90. The summed E-state index contributed by atoms with van der Waals surface area (Å²) in [6, 6.07) is 28.3. The molecule has 1 unspecified atom stereocenters. The van der Waals surface area contributed by atoms with Crippen molar-refractivity contribution < 1.29 is 28.6 Å². The number of anilines is 2. The molecule has 238 valence electrons. The maximum Gasteiger partial charge on any atom is 0.272 e. The summed E-state index contributed by atoms with van der Waals surface area (Å²) in [5, 5.41) is 8.21. The zero-order valence-corrected chi connectivity index (χ0v) is 27.0. The summed E-state index contributed by atoms with van der Waals surface area (Å²) in [4.78, 5) is 40.7. The normalized spacial score (nSPS) is 11.6. The number of hydrogen-bond acceptors (Lipinski definition) is 7. The molecule has 0 aromatic heterocycles. The fourth-order valence-corrected chi connectivity index (χ4v) is 5.45. The minimum absolute atomic E-state index is 0.00847. The van der Waals surface area contributed by atoms with Crippen molar-refractivity contribution in [3.8, 4) is 17.2 Å². The Hall–Kier alpha value is -5.22. The van der Waals surface area contributed by atoms with Gasteiger partial charge in [0.15, 0.2) is 0 Å². The molecular formula is C36H37N3O6S. The third-order valence-corrected chi connectivity index (χ3v) is 8.11. The molecule has 4 rings (SSSR count). The number of methoxy groups -OCH3 is 2. The van der Waals surface area contributed by atoms with Gasteiger partial charge in [-0.2, -0.15) is 0 Å². The number of rotatable bonds is 14. The fourth-order valence-electron chi connectivity index (χ4n) is 4.43. The summed E-state index contributed by atoms with van der Waals surface area (Å²) in [6.45, 7) is 4.32. The molecule has 0 aliphatic rings. The molecule has 4 aromatic rings. The Labute approximate surface area is 273 Å². The average Bonchev–Trinajstić information content (AvgIpc) is 3.08. The number of carbonyl (C=O) groups excluding carboxylic acids is 3. The summed E-state index contributed by atoms with van der Waals surface area (Å²) >= 11 is 1.39. The molecule has 10 heteroatoms. The molecule has 0 saturated carbocycles. The van der Waals surface area contributed by atoms with Crippen molar-refractivity contribution in [1.29, 1.82) is 0 Å². The molecule has 9 nitrogen and oxygen atoms in total. The monoisotopic (exact) mass is 639 g/mol. The molecule has 3 N–H and O–H groups in total. The number of ether oxygens (including phenoxy) is 3. The van der Waals surface area contributed by atoms with Gasteiger partial charge in [-0.05, 0) is 74.0 Å². The van der Waals surface area contributed by atoms with E-state index in [1.807, 2.05) is 38.1 Å². The Morgan fingerprint density at radius 2 is 1.57 bits per heavy atom. The number of para-hydroxylation sites is 2. The van der Waals surface area contributed by atoms with Gasteiger partial charge in [0.05, 0.1) is 31.8 Å². The van der Waals surface area contributed by atoms with Gasteiger partial charge in [0.25, 0.3) is 11.8 Å². The molecule has 3 amide bonds. The predicted octanol–water partition coefficient (Wildman–Crippen LogP) is 7.02. The van der Waals surface area contributed by atoms with E-state index in [0.29, 0.717) is 52.8 Å². The predicted molar refractivity (Wildman–Crippen MR) is 183 cm³/mol. The van der Waals surface area contributed by atoms with Crippen LogP contribution in [-0.4, -0.2) is 43.8 Å². The van der Waals surface area contributed by atoms with Gasteiger partial charge in [-0.25, -0.2) is 0 Å². The lowest BCUT2D eigenvalue weighted by Crippen LogP contribution is -2.30. The Bertz CT molecular complexity index is 1690. The zero-order valence-electron chi connectivity index (χ0n) is 26.2. The van der Waals surface area contributed by atoms with Crippen LogP contribution in [0.15, 0.2) is 108 Å². The minimum Gasteiger partial charge on any atom is -0.497 e. The van der Waals surface area contributed by atoms with Crippen LogP contribution in [0.4, 0.5) is 11.4 Å². The van der Waals surface area contributed by atoms with Crippen LogP contribution in [0.1, 0.15) is 36.2 Å². The number of carbonyl (C=O) groups is 3. The van der Waals surface area contributed by atoms with E-state index < -0.39 is 17.1 Å². The Kier molecular flexibility index (Phi) is 12.3. The molecule has 1 atom stereocenters.